The molecule has 0 atom stereocenters. The number of alkyl halides is 3. The summed E-state index contributed by atoms with van der Waals surface area (Å²) in [5.74, 6) is -0.935. The summed E-state index contributed by atoms with van der Waals surface area (Å²) in [5, 5.41) is 10.9. The Hall–Kier alpha value is -5.20. The lowest BCUT2D eigenvalue weighted by Crippen LogP contribution is -2.35. The van der Waals surface area contributed by atoms with Crippen molar-refractivity contribution in [3.05, 3.63) is 101 Å². The molecule has 0 spiro atoms. The molecule has 0 radical (unpaired) electrons. The number of carbonyl (C=O) groups excluding carboxylic acids is 3. The predicted molar refractivity (Wildman–Crippen MR) is 141 cm³/mol. The van der Waals surface area contributed by atoms with E-state index in [1.165, 1.54) is 24.1 Å². The number of rotatable bonds is 9. The molecule has 0 aliphatic heterocycles. The lowest BCUT2D eigenvalue weighted by Gasteiger charge is -2.14. The Morgan fingerprint density at radius 2 is 1.49 bits per heavy atom. The molecule has 3 aromatic carbocycles. The molecular formula is C28H25F3N5O5+. The molecule has 3 amide bonds. The van der Waals surface area contributed by atoms with Gasteiger partial charge in [0.05, 0.1) is 25.5 Å². The molecule has 0 bridgehead atoms. The summed E-state index contributed by atoms with van der Waals surface area (Å²) >= 11 is 0. The van der Waals surface area contributed by atoms with Crippen LogP contribution in [-0.2, 0) is 39.9 Å². The number of hydrogen-bond donors (Lipinski definition) is 3. The average molecular weight is 569 g/mol. The van der Waals surface area contributed by atoms with Gasteiger partial charge >= 0.3 is 24.1 Å². The van der Waals surface area contributed by atoms with Gasteiger partial charge in [0.15, 0.2) is 0 Å². The van der Waals surface area contributed by atoms with Gasteiger partial charge in [-0.15, -0.1) is 0 Å². The van der Waals surface area contributed by atoms with Gasteiger partial charge in [-0.2, -0.15) is 13.2 Å². The van der Waals surface area contributed by atoms with E-state index in [4.69, 9.17) is 4.52 Å². The molecule has 4 rings (SSSR count). The Balaban J connectivity index is 1.38. The van der Waals surface area contributed by atoms with E-state index in [-0.39, 0.29) is 42.6 Å². The molecule has 212 valence electrons. The number of halogens is 3. The van der Waals surface area contributed by atoms with Crippen LogP contribution in [0.2, 0.25) is 0 Å². The molecule has 0 saturated heterocycles. The third-order valence-electron chi connectivity index (χ3n) is 5.70. The maximum atomic E-state index is 13.5. The maximum Gasteiger partial charge on any atom is 0.416 e. The van der Waals surface area contributed by atoms with E-state index < -0.39 is 23.7 Å². The summed E-state index contributed by atoms with van der Waals surface area (Å²) in [6.07, 6.45) is -3.22. The van der Waals surface area contributed by atoms with Gasteiger partial charge < -0.3 is 15.4 Å². The molecule has 0 unspecified atom stereocenters. The summed E-state index contributed by atoms with van der Waals surface area (Å²) in [4.78, 5) is 36.3. The van der Waals surface area contributed by atoms with Gasteiger partial charge in [-0.1, -0.05) is 54.6 Å². The molecule has 0 aliphatic rings. The van der Waals surface area contributed by atoms with E-state index in [1.54, 1.807) is 54.6 Å². The third kappa shape index (κ3) is 8.65. The van der Waals surface area contributed by atoms with Gasteiger partial charge in [0, 0.05) is 16.9 Å². The SMILES string of the molecule is COC(=O)Cc1ccc(C[n+]2cc(NC(=O)Nc3cc(NC(=O)Cc4ccccc4)cc(C(F)(F)F)c3)on2)cc1. The highest BCUT2D eigenvalue weighted by Crippen LogP contribution is 2.33. The monoisotopic (exact) mass is 568 g/mol. The van der Waals surface area contributed by atoms with Crippen LogP contribution in [0.15, 0.2) is 83.5 Å². The van der Waals surface area contributed by atoms with Crippen LogP contribution >= 0.6 is 0 Å². The maximum absolute atomic E-state index is 13.5. The minimum absolute atomic E-state index is 0.0382. The quantitative estimate of drug-likeness (QED) is 0.201. The minimum atomic E-state index is -4.72. The summed E-state index contributed by atoms with van der Waals surface area (Å²) in [7, 11) is 1.31. The molecule has 4 aromatic rings. The Kier molecular flexibility index (Phi) is 8.97. The average Bonchev–Trinajstić information content (AvgIpc) is 3.35. The van der Waals surface area contributed by atoms with E-state index in [9.17, 15) is 27.6 Å². The first-order valence-corrected chi connectivity index (χ1v) is 12.2. The number of esters is 1. The summed E-state index contributed by atoms with van der Waals surface area (Å²) in [6, 6.07) is 17.7. The van der Waals surface area contributed by atoms with Crippen molar-refractivity contribution in [3.8, 4) is 0 Å². The number of nitrogens with zero attached hydrogens (tertiary/aromatic N) is 2. The molecule has 41 heavy (non-hydrogen) atoms. The Morgan fingerprint density at radius 3 is 2.15 bits per heavy atom. The van der Waals surface area contributed by atoms with Crippen molar-refractivity contribution in [3.63, 3.8) is 0 Å². The zero-order valence-electron chi connectivity index (χ0n) is 21.7. The van der Waals surface area contributed by atoms with Crippen molar-refractivity contribution >= 4 is 35.2 Å². The first-order chi connectivity index (χ1) is 19.6. The van der Waals surface area contributed by atoms with Crippen molar-refractivity contribution in [2.24, 2.45) is 0 Å². The zero-order valence-corrected chi connectivity index (χ0v) is 21.7. The van der Waals surface area contributed by atoms with Crippen LogP contribution in [0, 0.1) is 0 Å². The molecule has 1 heterocycles. The zero-order chi connectivity index (χ0) is 29.4. The molecule has 0 saturated carbocycles. The summed E-state index contributed by atoms with van der Waals surface area (Å²) in [5.41, 5.74) is 0.907. The predicted octanol–water partition coefficient (Wildman–Crippen LogP) is 4.57. The van der Waals surface area contributed by atoms with Gasteiger partial charge in [0.25, 0.3) is 6.20 Å². The topological polar surface area (TPSA) is 126 Å². The first-order valence-electron chi connectivity index (χ1n) is 12.2. The summed E-state index contributed by atoms with van der Waals surface area (Å²) in [6.45, 7) is 0.283. The fourth-order valence-electron chi connectivity index (χ4n) is 3.79. The lowest BCUT2D eigenvalue weighted by molar-refractivity contribution is -0.754. The van der Waals surface area contributed by atoms with Crippen LogP contribution in [-0.4, -0.2) is 30.3 Å². The van der Waals surface area contributed by atoms with Crippen LogP contribution in [0.25, 0.3) is 0 Å². The second kappa shape index (κ2) is 12.8. The van der Waals surface area contributed by atoms with Crippen molar-refractivity contribution in [1.29, 1.82) is 0 Å². The van der Waals surface area contributed by atoms with Crippen molar-refractivity contribution in [2.45, 2.75) is 25.6 Å². The fourth-order valence-corrected chi connectivity index (χ4v) is 3.79. The lowest BCUT2D eigenvalue weighted by atomic mass is 10.1. The second-order valence-corrected chi connectivity index (χ2v) is 8.92. The molecule has 10 nitrogen and oxygen atoms in total. The molecule has 0 aliphatic carbocycles. The number of methoxy groups -OCH3 is 1. The Bertz CT molecular complexity index is 1520. The number of amides is 3. The Labute approximate surface area is 232 Å². The smallest absolute Gasteiger partial charge is 0.416 e. The third-order valence-corrected chi connectivity index (χ3v) is 5.70. The fraction of sp³-hybridized carbons (Fsp3) is 0.179. The highest BCUT2D eigenvalue weighted by molar-refractivity contribution is 6.00. The number of anilines is 3. The van der Waals surface area contributed by atoms with Gasteiger partial charge in [0.2, 0.25) is 17.7 Å². The molecule has 0 fully saturated rings. The van der Waals surface area contributed by atoms with Crippen LogP contribution in [0.1, 0.15) is 22.3 Å². The van der Waals surface area contributed by atoms with E-state index in [2.05, 4.69) is 26.0 Å². The van der Waals surface area contributed by atoms with E-state index in [0.717, 1.165) is 23.3 Å². The number of carbonyl (C=O) groups is 3. The number of benzene rings is 3. The first kappa shape index (κ1) is 28.8. The number of ether oxygens (including phenoxy) is 1. The van der Waals surface area contributed by atoms with Gasteiger partial charge in [-0.25, -0.2) is 4.79 Å². The largest absolute Gasteiger partial charge is 0.469 e. The van der Waals surface area contributed by atoms with E-state index in [1.807, 2.05) is 0 Å². The highest BCUT2D eigenvalue weighted by Gasteiger charge is 2.31. The summed E-state index contributed by atoms with van der Waals surface area (Å²) < 4.78 is 51.6. The normalized spacial score (nSPS) is 11.0. The number of nitrogens with one attached hydrogen (secondary N) is 3. The van der Waals surface area contributed by atoms with Crippen LogP contribution in [0.4, 0.5) is 35.2 Å². The molecular weight excluding hydrogens is 543 g/mol. The number of hydrogen-bond acceptors (Lipinski definition) is 6. The van der Waals surface area contributed by atoms with Crippen molar-refractivity contribution in [1.82, 2.24) is 5.27 Å². The van der Waals surface area contributed by atoms with E-state index in [0.29, 0.717) is 5.56 Å². The van der Waals surface area contributed by atoms with E-state index >= 15 is 0 Å². The standard InChI is InChI=1S/C28H24F3N5O5/c1-40-26(38)12-19-7-9-20(10-8-19)16-36-17-25(41-35-36)34-27(39)33-23-14-21(28(29,30)31)13-22(15-23)32-24(37)11-18-5-3-2-4-6-18/h2-10,13-15,17H,11-12,16H2,1H3,(H2-,32,33,34,35,37,39)/p+1. The van der Waals surface area contributed by atoms with Gasteiger partial charge in [-0.05, 0) is 34.0 Å². The van der Waals surface area contributed by atoms with Crippen LogP contribution in [0.5, 0.6) is 0 Å². The van der Waals surface area contributed by atoms with Gasteiger partial charge in [-0.3, -0.25) is 19.4 Å². The molecule has 1 aromatic heterocycles. The number of urea groups is 1. The van der Waals surface area contributed by atoms with Crippen molar-refractivity contribution in [2.75, 3.05) is 23.1 Å². The van der Waals surface area contributed by atoms with Crippen LogP contribution in [0.3, 0.4) is 0 Å². The minimum Gasteiger partial charge on any atom is -0.469 e. The van der Waals surface area contributed by atoms with Crippen LogP contribution < -0.4 is 20.6 Å². The number of aromatic nitrogens is 2. The Morgan fingerprint density at radius 1 is 0.854 bits per heavy atom. The second-order valence-electron chi connectivity index (χ2n) is 8.92. The van der Waals surface area contributed by atoms with Gasteiger partial charge in [0.1, 0.15) is 0 Å². The molecule has 3 N–H and O–H groups in total. The van der Waals surface area contributed by atoms with Crippen molar-refractivity contribution < 1.29 is 41.5 Å². The molecule has 13 heteroatoms. The highest BCUT2D eigenvalue weighted by atomic mass is 19.4.